The molecule has 0 saturated heterocycles. The molecule has 1 unspecified atom stereocenters. The Morgan fingerprint density at radius 3 is 2.86 bits per heavy atom. The van der Waals surface area contributed by atoms with E-state index in [1.807, 2.05) is 6.08 Å². The maximum Gasteiger partial charge on any atom is 0.00182 e. The van der Waals surface area contributed by atoms with Crippen molar-refractivity contribution < 1.29 is 0 Å². The van der Waals surface area contributed by atoms with Crippen molar-refractivity contribution in [1.29, 1.82) is 0 Å². The quantitative estimate of drug-likeness (QED) is 0.491. The largest absolute Gasteiger partial charge is 0.0988 e. The van der Waals surface area contributed by atoms with Crippen LogP contribution in [0.3, 0.4) is 0 Å². The summed E-state index contributed by atoms with van der Waals surface area (Å²) in [4.78, 5) is 0. The van der Waals surface area contributed by atoms with Crippen LogP contribution in [-0.4, -0.2) is 0 Å². The standard InChI is InChI=1S/C7H10/c1-3-6-5-7(6)4-2/h3,5,7H,1,4H2,2H3. The SMILES string of the molecule is C=CC1=CC1CC. The molecule has 0 bridgehead atoms. The maximum absolute atomic E-state index is 3.65. The van der Waals surface area contributed by atoms with Crippen molar-refractivity contribution in [2.24, 2.45) is 5.92 Å². The minimum atomic E-state index is 0.789. The lowest BCUT2D eigenvalue weighted by molar-refractivity contribution is 0.848. The third kappa shape index (κ3) is 0.738. The average molecular weight is 94.2 g/mol. The highest BCUT2D eigenvalue weighted by Gasteiger charge is 2.17. The molecule has 0 N–H and O–H groups in total. The summed E-state index contributed by atoms with van der Waals surface area (Å²) >= 11 is 0. The van der Waals surface area contributed by atoms with Crippen LogP contribution in [0.2, 0.25) is 0 Å². The molecular weight excluding hydrogens is 84.1 g/mol. The predicted octanol–water partition coefficient (Wildman–Crippen LogP) is 2.14. The van der Waals surface area contributed by atoms with Gasteiger partial charge in [-0.05, 0) is 12.0 Å². The van der Waals surface area contributed by atoms with Crippen LogP contribution in [0, 0.1) is 5.92 Å². The van der Waals surface area contributed by atoms with Gasteiger partial charge in [-0.15, -0.1) is 0 Å². The number of allylic oxidation sites excluding steroid dienone is 3. The molecule has 1 atom stereocenters. The third-order valence-electron chi connectivity index (χ3n) is 1.39. The smallest absolute Gasteiger partial charge is 0.00182 e. The Balaban J connectivity index is 2.27. The van der Waals surface area contributed by atoms with Crippen molar-refractivity contribution in [3.63, 3.8) is 0 Å². The molecule has 0 aromatic heterocycles. The van der Waals surface area contributed by atoms with Crippen molar-refractivity contribution in [1.82, 2.24) is 0 Å². The van der Waals surface area contributed by atoms with Gasteiger partial charge in [0.2, 0.25) is 0 Å². The molecule has 1 aliphatic rings. The first kappa shape index (κ1) is 4.63. The summed E-state index contributed by atoms with van der Waals surface area (Å²) in [5.41, 5.74) is 1.43. The van der Waals surface area contributed by atoms with Crippen molar-refractivity contribution >= 4 is 0 Å². The highest BCUT2D eigenvalue weighted by molar-refractivity contribution is 5.37. The van der Waals surface area contributed by atoms with Crippen LogP contribution >= 0.6 is 0 Å². The summed E-state index contributed by atoms with van der Waals surface area (Å²) in [6.07, 6.45) is 5.43. The Kier molecular flexibility index (Phi) is 1.01. The second-order valence-corrected chi connectivity index (χ2v) is 1.89. The van der Waals surface area contributed by atoms with Crippen molar-refractivity contribution in [2.45, 2.75) is 13.3 Å². The third-order valence-corrected chi connectivity index (χ3v) is 1.39. The minimum absolute atomic E-state index is 0.789. The van der Waals surface area contributed by atoms with Gasteiger partial charge in [-0.1, -0.05) is 25.7 Å². The average Bonchev–Trinajstić information content (AvgIpc) is 2.43. The summed E-state index contributed by atoms with van der Waals surface area (Å²) in [7, 11) is 0. The molecule has 38 valence electrons. The molecule has 0 saturated carbocycles. The molecule has 1 aliphatic carbocycles. The second-order valence-electron chi connectivity index (χ2n) is 1.89. The Morgan fingerprint density at radius 2 is 2.71 bits per heavy atom. The fourth-order valence-corrected chi connectivity index (χ4v) is 0.757. The molecule has 0 aromatic carbocycles. The van der Waals surface area contributed by atoms with Gasteiger partial charge in [0.05, 0.1) is 0 Å². The van der Waals surface area contributed by atoms with Crippen LogP contribution < -0.4 is 0 Å². The van der Waals surface area contributed by atoms with Crippen LogP contribution in [0.15, 0.2) is 24.3 Å². The van der Waals surface area contributed by atoms with E-state index in [1.165, 1.54) is 12.0 Å². The molecule has 0 heterocycles. The normalized spacial score (nSPS) is 26.4. The van der Waals surface area contributed by atoms with E-state index in [2.05, 4.69) is 19.6 Å². The van der Waals surface area contributed by atoms with E-state index in [9.17, 15) is 0 Å². The molecule has 1 rings (SSSR count). The summed E-state index contributed by atoms with van der Waals surface area (Å²) in [5.74, 6) is 0.789. The number of hydrogen-bond donors (Lipinski definition) is 0. The van der Waals surface area contributed by atoms with Gasteiger partial charge in [-0.2, -0.15) is 0 Å². The maximum atomic E-state index is 3.65. The van der Waals surface area contributed by atoms with Crippen LogP contribution in [0.25, 0.3) is 0 Å². The van der Waals surface area contributed by atoms with Gasteiger partial charge >= 0.3 is 0 Å². The molecule has 0 radical (unpaired) electrons. The molecule has 0 nitrogen and oxygen atoms in total. The van der Waals surface area contributed by atoms with Gasteiger partial charge in [-0.3, -0.25) is 0 Å². The zero-order valence-corrected chi connectivity index (χ0v) is 4.65. The van der Waals surface area contributed by atoms with Gasteiger partial charge in [0.1, 0.15) is 0 Å². The van der Waals surface area contributed by atoms with Crippen molar-refractivity contribution in [2.75, 3.05) is 0 Å². The second kappa shape index (κ2) is 1.53. The lowest BCUT2D eigenvalue weighted by Crippen LogP contribution is -1.70. The van der Waals surface area contributed by atoms with E-state index in [0.29, 0.717) is 0 Å². The molecule has 0 aliphatic heterocycles. The summed E-state index contributed by atoms with van der Waals surface area (Å²) < 4.78 is 0. The first-order chi connectivity index (χ1) is 3.38. The lowest BCUT2D eigenvalue weighted by Gasteiger charge is -1.83. The fourth-order valence-electron chi connectivity index (χ4n) is 0.757. The van der Waals surface area contributed by atoms with Crippen LogP contribution in [0.4, 0.5) is 0 Å². The molecule has 0 spiro atoms. The van der Waals surface area contributed by atoms with Crippen molar-refractivity contribution in [3.05, 3.63) is 24.3 Å². The Morgan fingerprint density at radius 1 is 2.00 bits per heavy atom. The van der Waals surface area contributed by atoms with Gasteiger partial charge in [0.15, 0.2) is 0 Å². The van der Waals surface area contributed by atoms with E-state index in [0.717, 1.165) is 5.92 Å². The highest BCUT2D eigenvalue weighted by Crippen LogP contribution is 2.31. The number of rotatable bonds is 2. The van der Waals surface area contributed by atoms with E-state index in [-0.39, 0.29) is 0 Å². The lowest BCUT2D eigenvalue weighted by atomic mass is 10.2. The molecule has 0 aromatic rings. The zero-order valence-electron chi connectivity index (χ0n) is 4.65. The Bertz CT molecular complexity index is 109. The zero-order chi connectivity index (χ0) is 5.28. The monoisotopic (exact) mass is 94.1 g/mol. The van der Waals surface area contributed by atoms with Gasteiger partial charge in [0, 0.05) is 5.92 Å². The fraction of sp³-hybridized carbons (Fsp3) is 0.429. The first-order valence-electron chi connectivity index (χ1n) is 2.72. The minimum Gasteiger partial charge on any atom is -0.0988 e. The summed E-state index contributed by atoms with van der Waals surface area (Å²) in [6, 6.07) is 0. The molecule has 0 amide bonds. The topological polar surface area (TPSA) is 0 Å². The summed E-state index contributed by atoms with van der Waals surface area (Å²) in [5, 5.41) is 0. The summed E-state index contributed by atoms with van der Waals surface area (Å²) in [6.45, 7) is 5.84. The predicted molar refractivity (Wildman–Crippen MR) is 32.1 cm³/mol. The van der Waals surface area contributed by atoms with E-state index >= 15 is 0 Å². The molecule has 0 heteroatoms. The molecule has 0 fully saturated rings. The first-order valence-corrected chi connectivity index (χ1v) is 2.72. The van der Waals surface area contributed by atoms with E-state index < -0.39 is 0 Å². The van der Waals surface area contributed by atoms with Gasteiger partial charge < -0.3 is 0 Å². The Labute approximate surface area is 44.5 Å². The van der Waals surface area contributed by atoms with Gasteiger partial charge in [0.25, 0.3) is 0 Å². The van der Waals surface area contributed by atoms with Crippen LogP contribution in [-0.2, 0) is 0 Å². The highest BCUT2D eigenvalue weighted by atomic mass is 14.2. The number of hydrogen-bond acceptors (Lipinski definition) is 0. The Hall–Kier alpha value is -0.520. The van der Waals surface area contributed by atoms with Crippen LogP contribution in [0.5, 0.6) is 0 Å². The van der Waals surface area contributed by atoms with Crippen LogP contribution in [0.1, 0.15) is 13.3 Å². The van der Waals surface area contributed by atoms with Gasteiger partial charge in [-0.25, -0.2) is 0 Å². The van der Waals surface area contributed by atoms with Crippen molar-refractivity contribution in [3.8, 4) is 0 Å². The van der Waals surface area contributed by atoms with E-state index in [1.54, 1.807) is 0 Å². The molecular formula is C7H10. The molecule has 7 heavy (non-hydrogen) atoms. The van der Waals surface area contributed by atoms with E-state index in [4.69, 9.17) is 0 Å².